The van der Waals surface area contributed by atoms with Crippen LogP contribution >= 0.6 is 0 Å². The summed E-state index contributed by atoms with van der Waals surface area (Å²) in [6.45, 7) is 7.52. The molecular formula is C29H32N6O3. The number of carbonyl (C=O) groups is 1. The van der Waals surface area contributed by atoms with Gasteiger partial charge in [-0.15, -0.1) is 0 Å². The van der Waals surface area contributed by atoms with Crippen LogP contribution in [0.15, 0.2) is 54.9 Å². The molecule has 0 aliphatic carbocycles. The first-order valence-electron chi connectivity index (χ1n) is 13.0. The zero-order valence-electron chi connectivity index (χ0n) is 21.8. The van der Waals surface area contributed by atoms with Crippen LogP contribution in [0.1, 0.15) is 28.8 Å². The quantitative estimate of drug-likeness (QED) is 0.405. The lowest BCUT2D eigenvalue weighted by Gasteiger charge is -2.37. The molecule has 5 heterocycles. The van der Waals surface area contributed by atoms with Gasteiger partial charge in [0.2, 0.25) is 0 Å². The number of nitrogens with zero attached hydrogens (tertiary/aromatic N) is 5. The van der Waals surface area contributed by atoms with Gasteiger partial charge in [-0.1, -0.05) is 13.0 Å². The second-order valence-corrected chi connectivity index (χ2v) is 10.7. The van der Waals surface area contributed by atoms with E-state index in [0.29, 0.717) is 24.5 Å². The van der Waals surface area contributed by atoms with Crippen molar-refractivity contribution >= 4 is 16.8 Å². The van der Waals surface area contributed by atoms with Gasteiger partial charge in [-0.2, -0.15) is 0 Å². The average molecular weight is 513 g/mol. The molecule has 2 saturated heterocycles. The number of rotatable bonds is 7. The number of piperazine rings is 1. The van der Waals surface area contributed by atoms with E-state index in [2.05, 4.69) is 46.0 Å². The number of hydrogen-bond donors (Lipinski definition) is 1. The first kappa shape index (κ1) is 24.5. The third-order valence-corrected chi connectivity index (χ3v) is 7.26. The maximum atomic E-state index is 13.0. The summed E-state index contributed by atoms with van der Waals surface area (Å²) >= 11 is 0. The summed E-state index contributed by atoms with van der Waals surface area (Å²) in [5, 5.41) is 1.01. The van der Waals surface area contributed by atoms with E-state index in [1.807, 2.05) is 35.2 Å². The number of fused-ring (bicyclic) bond motifs is 1. The summed E-state index contributed by atoms with van der Waals surface area (Å²) in [7, 11) is 2.08. The summed E-state index contributed by atoms with van der Waals surface area (Å²) in [6, 6.07) is 13.8. The molecule has 2 aliphatic rings. The van der Waals surface area contributed by atoms with Crippen molar-refractivity contribution in [3.63, 3.8) is 0 Å². The van der Waals surface area contributed by atoms with E-state index < -0.39 is 0 Å². The van der Waals surface area contributed by atoms with Crippen molar-refractivity contribution in [1.29, 1.82) is 0 Å². The molecule has 0 unspecified atom stereocenters. The third kappa shape index (κ3) is 5.25. The van der Waals surface area contributed by atoms with E-state index in [9.17, 15) is 4.79 Å². The van der Waals surface area contributed by atoms with E-state index >= 15 is 0 Å². The summed E-state index contributed by atoms with van der Waals surface area (Å²) < 4.78 is 11.3. The molecule has 4 aromatic rings. The van der Waals surface area contributed by atoms with E-state index in [4.69, 9.17) is 14.5 Å². The first-order valence-corrected chi connectivity index (χ1v) is 13.0. The zero-order chi connectivity index (χ0) is 26.1. The normalized spacial score (nSPS) is 17.4. The Hall–Kier alpha value is -3.82. The summed E-state index contributed by atoms with van der Waals surface area (Å²) in [6.07, 6.45) is 4.08. The topological polar surface area (TPSA) is 96.5 Å². The van der Waals surface area contributed by atoms with Crippen molar-refractivity contribution in [2.75, 3.05) is 53.0 Å². The highest BCUT2D eigenvalue weighted by Gasteiger charge is 2.34. The molecule has 0 spiro atoms. The van der Waals surface area contributed by atoms with E-state index in [1.165, 1.54) is 0 Å². The molecule has 1 amide bonds. The van der Waals surface area contributed by atoms with Crippen LogP contribution in [-0.4, -0.2) is 88.7 Å². The summed E-state index contributed by atoms with van der Waals surface area (Å²) in [5.41, 5.74) is 4.23. The fourth-order valence-corrected chi connectivity index (χ4v) is 4.83. The minimum absolute atomic E-state index is 0.0562. The van der Waals surface area contributed by atoms with E-state index in [0.717, 1.165) is 73.0 Å². The number of hydrogen-bond acceptors (Lipinski definition) is 7. The molecule has 1 aromatic carbocycles. The highest BCUT2D eigenvalue weighted by Crippen LogP contribution is 2.28. The van der Waals surface area contributed by atoms with Crippen LogP contribution in [0, 0.1) is 5.41 Å². The molecule has 196 valence electrons. The monoisotopic (exact) mass is 512 g/mol. The summed E-state index contributed by atoms with van der Waals surface area (Å²) in [4.78, 5) is 34.2. The fourth-order valence-electron chi connectivity index (χ4n) is 4.83. The van der Waals surface area contributed by atoms with Gasteiger partial charge in [-0.3, -0.25) is 9.78 Å². The third-order valence-electron chi connectivity index (χ3n) is 7.26. The highest BCUT2D eigenvalue weighted by molar-refractivity contribution is 5.98. The first-order chi connectivity index (χ1) is 18.4. The Labute approximate surface area is 221 Å². The molecule has 0 atom stereocenters. The Balaban J connectivity index is 1.16. The van der Waals surface area contributed by atoms with Gasteiger partial charge in [0.15, 0.2) is 0 Å². The Bertz CT molecular complexity index is 1460. The number of pyridine rings is 1. The zero-order valence-corrected chi connectivity index (χ0v) is 21.8. The lowest BCUT2D eigenvalue weighted by atomic mass is 9.90. The molecule has 1 N–H and O–H groups in total. The van der Waals surface area contributed by atoms with Gasteiger partial charge in [0.05, 0.1) is 31.2 Å². The number of amides is 1. The minimum Gasteiger partial charge on any atom is -0.493 e. The molecule has 9 heteroatoms. The number of carbonyl (C=O) groups excluding carboxylic acids is 1. The molecule has 0 bridgehead atoms. The lowest BCUT2D eigenvalue weighted by molar-refractivity contribution is -0.120. The number of aromatic amines is 1. The van der Waals surface area contributed by atoms with Crippen LogP contribution in [0.5, 0.6) is 5.75 Å². The number of H-pyrrole nitrogens is 1. The standard InChI is InChI=1S/C29H32N6O3/c1-29(17-37-18-29)19-38-22-5-7-30-25(16-22)24-6-8-31-27(33-24)14-20-3-4-23-21(13-20)15-26(32-23)28(36)35-11-9-34(2)10-12-35/h3-8,13,15-16,32H,9-12,14,17-19H2,1-2H3. The van der Waals surface area contributed by atoms with Gasteiger partial charge < -0.3 is 24.3 Å². The number of ether oxygens (including phenoxy) is 2. The van der Waals surface area contributed by atoms with Crippen molar-refractivity contribution in [2.45, 2.75) is 13.3 Å². The van der Waals surface area contributed by atoms with E-state index in [-0.39, 0.29) is 11.3 Å². The molecule has 0 saturated carbocycles. The Morgan fingerprint density at radius 1 is 1.03 bits per heavy atom. The van der Waals surface area contributed by atoms with Crippen molar-refractivity contribution in [3.8, 4) is 17.1 Å². The van der Waals surface area contributed by atoms with Crippen LogP contribution in [-0.2, 0) is 11.2 Å². The highest BCUT2D eigenvalue weighted by atomic mass is 16.5. The van der Waals surface area contributed by atoms with Gasteiger partial charge in [0.25, 0.3) is 5.91 Å². The second kappa shape index (κ2) is 10.2. The predicted octanol–water partition coefficient (Wildman–Crippen LogP) is 3.41. The van der Waals surface area contributed by atoms with Crippen LogP contribution in [0.2, 0.25) is 0 Å². The largest absolute Gasteiger partial charge is 0.493 e. The molecule has 6 rings (SSSR count). The number of nitrogens with one attached hydrogen (secondary N) is 1. The van der Waals surface area contributed by atoms with Gasteiger partial charge >= 0.3 is 0 Å². The van der Waals surface area contributed by atoms with Crippen molar-refractivity contribution in [1.82, 2.24) is 29.7 Å². The summed E-state index contributed by atoms with van der Waals surface area (Å²) in [5.74, 6) is 1.53. The Morgan fingerprint density at radius 2 is 1.84 bits per heavy atom. The fraction of sp³-hybridized carbons (Fsp3) is 0.379. The SMILES string of the molecule is CN1CCN(C(=O)c2cc3cc(Cc4nccc(-c5cc(OCC6(C)COC6)ccn5)n4)ccc3[nH]2)CC1. The maximum absolute atomic E-state index is 13.0. The molecule has 9 nitrogen and oxygen atoms in total. The van der Waals surface area contributed by atoms with E-state index in [1.54, 1.807) is 12.4 Å². The van der Waals surface area contributed by atoms with Crippen LogP contribution in [0.3, 0.4) is 0 Å². The molecule has 2 aliphatic heterocycles. The number of aromatic nitrogens is 4. The lowest BCUT2D eigenvalue weighted by Crippen LogP contribution is -2.47. The average Bonchev–Trinajstić information content (AvgIpc) is 3.35. The van der Waals surface area contributed by atoms with Crippen LogP contribution in [0.4, 0.5) is 0 Å². The molecular weight excluding hydrogens is 480 g/mol. The maximum Gasteiger partial charge on any atom is 0.270 e. The molecule has 38 heavy (non-hydrogen) atoms. The van der Waals surface area contributed by atoms with Crippen molar-refractivity contribution in [3.05, 3.63) is 71.9 Å². The number of benzene rings is 1. The van der Waals surface area contributed by atoms with Gasteiger partial charge in [-0.05, 0) is 42.9 Å². The number of likely N-dealkylation sites (N-methyl/N-ethyl adjacent to an activating group) is 1. The van der Waals surface area contributed by atoms with Crippen LogP contribution < -0.4 is 4.74 Å². The van der Waals surface area contributed by atoms with Crippen molar-refractivity contribution < 1.29 is 14.3 Å². The van der Waals surface area contributed by atoms with Crippen LogP contribution in [0.25, 0.3) is 22.3 Å². The predicted molar refractivity (Wildman–Crippen MR) is 144 cm³/mol. The molecule has 0 radical (unpaired) electrons. The molecule has 2 fully saturated rings. The van der Waals surface area contributed by atoms with Gasteiger partial charge in [0, 0.05) is 67.4 Å². The Kier molecular flexibility index (Phi) is 6.55. The molecule has 3 aromatic heterocycles. The smallest absolute Gasteiger partial charge is 0.270 e. The Morgan fingerprint density at radius 3 is 2.63 bits per heavy atom. The van der Waals surface area contributed by atoms with Gasteiger partial charge in [-0.25, -0.2) is 9.97 Å². The van der Waals surface area contributed by atoms with Crippen molar-refractivity contribution in [2.24, 2.45) is 5.41 Å². The minimum atomic E-state index is 0.0562. The van der Waals surface area contributed by atoms with Gasteiger partial charge in [0.1, 0.15) is 17.3 Å². The second-order valence-electron chi connectivity index (χ2n) is 10.7.